The van der Waals surface area contributed by atoms with Gasteiger partial charge in [-0.2, -0.15) is 13.2 Å². The highest BCUT2D eigenvalue weighted by atomic mass is 19.4. The number of nitrogens with one attached hydrogen (secondary N) is 1. The van der Waals surface area contributed by atoms with Gasteiger partial charge in [-0.1, -0.05) is 18.2 Å². The minimum atomic E-state index is -4.64. The molecular weight excluding hydrogens is 333 g/mol. The summed E-state index contributed by atoms with van der Waals surface area (Å²) in [4.78, 5) is 19.9. The molecule has 2 aromatic heterocycles. The molecule has 8 heteroatoms. The van der Waals surface area contributed by atoms with Crippen LogP contribution >= 0.6 is 0 Å². The molecule has 1 N–H and O–H groups in total. The molecule has 1 amide bonds. The van der Waals surface area contributed by atoms with Crippen LogP contribution in [0.15, 0.2) is 48.8 Å². The quantitative estimate of drug-likeness (QED) is 0.787. The maximum atomic E-state index is 13.2. The lowest BCUT2D eigenvalue weighted by molar-refractivity contribution is -0.147. The van der Waals surface area contributed by atoms with Crippen molar-refractivity contribution < 1.29 is 18.0 Å². The Labute approximate surface area is 141 Å². The number of hydrogen-bond acceptors (Lipinski definition) is 3. The van der Waals surface area contributed by atoms with E-state index in [2.05, 4.69) is 15.3 Å². The first-order chi connectivity index (χ1) is 11.9. The van der Waals surface area contributed by atoms with Crippen molar-refractivity contribution in [2.75, 3.05) is 0 Å². The molecule has 1 aromatic carbocycles. The zero-order chi connectivity index (χ0) is 18.0. The molecule has 0 fully saturated rings. The molecule has 130 valence electrons. The Kier molecular flexibility index (Phi) is 4.43. The third kappa shape index (κ3) is 3.62. The summed E-state index contributed by atoms with van der Waals surface area (Å²) < 4.78 is 40.6. The molecule has 0 saturated heterocycles. The number of pyridine rings is 1. The van der Waals surface area contributed by atoms with Crippen LogP contribution in [0, 0.1) is 0 Å². The summed E-state index contributed by atoms with van der Waals surface area (Å²) in [5.74, 6) is -1.62. The zero-order valence-corrected chi connectivity index (χ0v) is 13.3. The molecule has 3 aromatic rings. The summed E-state index contributed by atoms with van der Waals surface area (Å²) in [6, 6.07) is 9.34. The first kappa shape index (κ1) is 16.9. The van der Waals surface area contributed by atoms with Crippen molar-refractivity contribution in [3.05, 3.63) is 60.2 Å². The normalized spacial score (nSPS) is 13.0. The highest BCUT2D eigenvalue weighted by Crippen LogP contribution is 2.31. The summed E-state index contributed by atoms with van der Waals surface area (Å²) in [6.45, 7) is 1.27. The summed E-state index contributed by atoms with van der Waals surface area (Å²) in [5.41, 5.74) is 1.23. The minimum Gasteiger partial charge on any atom is -0.348 e. The van der Waals surface area contributed by atoms with Gasteiger partial charge < -0.3 is 9.88 Å². The van der Waals surface area contributed by atoms with Gasteiger partial charge in [0.25, 0.3) is 0 Å². The second kappa shape index (κ2) is 6.54. The largest absolute Gasteiger partial charge is 0.449 e. The van der Waals surface area contributed by atoms with E-state index in [9.17, 15) is 18.0 Å². The summed E-state index contributed by atoms with van der Waals surface area (Å²) in [5, 5.41) is 2.68. The molecule has 0 aliphatic carbocycles. The smallest absolute Gasteiger partial charge is 0.348 e. The number of amides is 1. The van der Waals surface area contributed by atoms with Crippen LogP contribution in [0.25, 0.3) is 11.0 Å². The topological polar surface area (TPSA) is 59.8 Å². The molecule has 0 spiro atoms. The van der Waals surface area contributed by atoms with E-state index in [4.69, 9.17) is 0 Å². The monoisotopic (exact) mass is 348 g/mol. The van der Waals surface area contributed by atoms with E-state index in [1.165, 1.54) is 12.1 Å². The van der Waals surface area contributed by atoms with Crippen LogP contribution < -0.4 is 5.32 Å². The number of carbonyl (C=O) groups excluding carboxylic acids is 1. The van der Waals surface area contributed by atoms with Crippen molar-refractivity contribution >= 4 is 16.9 Å². The first-order valence-electron chi connectivity index (χ1n) is 7.58. The van der Waals surface area contributed by atoms with E-state index in [1.54, 1.807) is 43.6 Å². The van der Waals surface area contributed by atoms with E-state index in [1.807, 2.05) is 0 Å². The predicted molar refractivity (Wildman–Crippen MR) is 85.5 cm³/mol. The average Bonchev–Trinajstić information content (AvgIpc) is 2.94. The van der Waals surface area contributed by atoms with Crippen molar-refractivity contribution in [3.8, 4) is 0 Å². The van der Waals surface area contributed by atoms with Crippen LogP contribution in [0.5, 0.6) is 0 Å². The highest BCUT2D eigenvalue weighted by Gasteiger charge is 2.38. The maximum Gasteiger partial charge on any atom is 0.449 e. The second-order valence-corrected chi connectivity index (χ2v) is 5.58. The molecule has 2 heterocycles. The standard InChI is InChI=1S/C17H15F3N4O/c1-11(12-5-4-8-21-9-12)22-15(25)10-24-14-7-3-2-6-13(14)23-16(24)17(18,19)20/h2-9,11H,10H2,1H3,(H,22,25). The average molecular weight is 348 g/mol. The van der Waals surface area contributed by atoms with Crippen molar-refractivity contribution in [1.82, 2.24) is 19.9 Å². The molecule has 3 rings (SSSR count). The van der Waals surface area contributed by atoms with Gasteiger partial charge >= 0.3 is 6.18 Å². The minimum absolute atomic E-state index is 0.197. The van der Waals surface area contributed by atoms with Crippen molar-refractivity contribution in [2.45, 2.75) is 25.7 Å². The van der Waals surface area contributed by atoms with Gasteiger partial charge in [-0.3, -0.25) is 9.78 Å². The van der Waals surface area contributed by atoms with Crippen molar-refractivity contribution in [2.24, 2.45) is 0 Å². The first-order valence-corrected chi connectivity index (χ1v) is 7.58. The molecule has 25 heavy (non-hydrogen) atoms. The van der Waals surface area contributed by atoms with Crippen LogP contribution in [-0.4, -0.2) is 20.4 Å². The third-order valence-corrected chi connectivity index (χ3v) is 3.77. The molecule has 0 radical (unpaired) electrons. The number of alkyl halides is 3. The van der Waals surface area contributed by atoms with E-state index in [0.717, 1.165) is 10.1 Å². The van der Waals surface area contributed by atoms with Crippen LogP contribution in [0.2, 0.25) is 0 Å². The fourth-order valence-electron chi connectivity index (χ4n) is 2.60. The van der Waals surface area contributed by atoms with Gasteiger partial charge in [-0.05, 0) is 30.7 Å². The lowest BCUT2D eigenvalue weighted by Crippen LogP contribution is -2.31. The number of carbonyl (C=O) groups is 1. The highest BCUT2D eigenvalue weighted by molar-refractivity contribution is 5.81. The SMILES string of the molecule is CC(NC(=O)Cn1c(C(F)(F)F)nc2ccccc21)c1cccnc1. The molecule has 0 bridgehead atoms. The molecule has 5 nitrogen and oxygen atoms in total. The number of para-hydroxylation sites is 2. The lowest BCUT2D eigenvalue weighted by Gasteiger charge is -2.16. The molecule has 0 saturated carbocycles. The summed E-state index contributed by atoms with van der Waals surface area (Å²) >= 11 is 0. The van der Waals surface area contributed by atoms with Crippen LogP contribution in [0.3, 0.4) is 0 Å². The van der Waals surface area contributed by atoms with E-state index in [0.29, 0.717) is 0 Å². The number of hydrogen-bond donors (Lipinski definition) is 1. The molecular formula is C17H15F3N4O. The number of halogens is 3. The van der Waals surface area contributed by atoms with Gasteiger partial charge in [-0.15, -0.1) is 0 Å². The Balaban J connectivity index is 1.86. The van der Waals surface area contributed by atoms with Crippen molar-refractivity contribution in [1.29, 1.82) is 0 Å². The molecule has 0 aliphatic rings. The van der Waals surface area contributed by atoms with Crippen LogP contribution in [0.1, 0.15) is 24.4 Å². The Morgan fingerprint density at radius 2 is 2.00 bits per heavy atom. The van der Waals surface area contributed by atoms with Gasteiger partial charge in [0.2, 0.25) is 11.7 Å². The van der Waals surface area contributed by atoms with E-state index in [-0.39, 0.29) is 17.1 Å². The van der Waals surface area contributed by atoms with E-state index >= 15 is 0 Å². The van der Waals surface area contributed by atoms with Crippen LogP contribution in [-0.2, 0) is 17.5 Å². The summed E-state index contributed by atoms with van der Waals surface area (Å²) in [7, 11) is 0. The predicted octanol–water partition coefficient (Wildman–Crippen LogP) is 3.33. The molecule has 0 aliphatic heterocycles. The maximum absolute atomic E-state index is 13.2. The van der Waals surface area contributed by atoms with Gasteiger partial charge in [0, 0.05) is 12.4 Å². The molecule has 1 atom stereocenters. The fourth-order valence-corrected chi connectivity index (χ4v) is 2.60. The Morgan fingerprint density at radius 3 is 2.68 bits per heavy atom. The van der Waals surface area contributed by atoms with Crippen molar-refractivity contribution in [3.63, 3.8) is 0 Å². The zero-order valence-electron chi connectivity index (χ0n) is 13.3. The fraction of sp³-hybridized carbons (Fsp3) is 0.235. The number of rotatable bonds is 4. The Hall–Kier alpha value is -2.90. The number of imidazole rings is 1. The Morgan fingerprint density at radius 1 is 1.24 bits per heavy atom. The van der Waals surface area contributed by atoms with E-state index < -0.39 is 24.5 Å². The third-order valence-electron chi connectivity index (χ3n) is 3.77. The number of benzene rings is 1. The van der Waals surface area contributed by atoms with Gasteiger partial charge in [0.05, 0.1) is 17.1 Å². The second-order valence-electron chi connectivity index (χ2n) is 5.58. The molecule has 1 unspecified atom stereocenters. The Bertz CT molecular complexity index is 890. The lowest BCUT2D eigenvalue weighted by atomic mass is 10.1. The van der Waals surface area contributed by atoms with Gasteiger partial charge in [-0.25, -0.2) is 4.98 Å². The van der Waals surface area contributed by atoms with Gasteiger partial charge in [0.15, 0.2) is 0 Å². The number of fused-ring (bicyclic) bond motifs is 1. The number of aromatic nitrogens is 3. The summed E-state index contributed by atoms with van der Waals surface area (Å²) in [6.07, 6.45) is -1.45. The number of nitrogens with zero attached hydrogens (tertiary/aromatic N) is 3. The van der Waals surface area contributed by atoms with Gasteiger partial charge in [0.1, 0.15) is 6.54 Å². The van der Waals surface area contributed by atoms with Crippen LogP contribution in [0.4, 0.5) is 13.2 Å².